The fourth-order valence-corrected chi connectivity index (χ4v) is 5.53. The molecular formula is C19H23N3O2S. The summed E-state index contributed by atoms with van der Waals surface area (Å²) in [5.74, 6) is 1.68. The summed E-state index contributed by atoms with van der Waals surface area (Å²) < 4.78 is 27.4. The molecule has 6 heteroatoms. The second-order valence-electron chi connectivity index (χ2n) is 6.84. The second kappa shape index (κ2) is 6.33. The molecular weight excluding hydrogens is 334 g/mol. The Labute approximate surface area is 149 Å². The van der Waals surface area contributed by atoms with Crippen LogP contribution in [-0.2, 0) is 10.0 Å². The van der Waals surface area contributed by atoms with E-state index in [0.29, 0.717) is 18.3 Å². The number of sulfonamides is 1. The summed E-state index contributed by atoms with van der Waals surface area (Å²) in [6.07, 6.45) is 5.29. The van der Waals surface area contributed by atoms with Crippen LogP contribution >= 0.6 is 0 Å². The third-order valence-corrected chi connectivity index (χ3v) is 7.23. The minimum absolute atomic E-state index is 0.242. The van der Waals surface area contributed by atoms with Crippen molar-refractivity contribution in [2.24, 2.45) is 5.92 Å². The average molecular weight is 357 g/mol. The van der Waals surface area contributed by atoms with Crippen LogP contribution in [0.25, 0.3) is 0 Å². The monoisotopic (exact) mass is 357 g/mol. The summed E-state index contributed by atoms with van der Waals surface area (Å²) in [5.41, 5.74) is 0.672. The number of fused-ring (bicyclic) bond motifs is 2. The molecule has 2 fully saturated rings. The molecule has 0 radical (unpaired) electrons. The summed E-state index contributed by atoms with van der Waals surface area (Å²) >= 11 is 0. The van der Waals surface area contributed by atoms with Crippen LogP contribution in [0.2, 0.25) is 0 Å². The van der Waals surface area contributed by atoms with Crippen LogP contribution in [0.1, 0.15) is 26.2 Å². The van der Waals surface area contributed by atoms with Gasteiger partial charge < -0.3 is 4.90 Å². The van der Waals surface area contributed by atoms with Crippen LogP contribution in [0.4, 0.5) is 11.5 Å². The number of nitrogens with zero attached hydrogens (tertiary/aromatic N) is 3. The summed E-state index contributed by atoms with van der Waals surface area (Å²) in [4.78, 5) is 7.05. The Morgan fingerprint density at radius 1 is 1.16 bits per heavy atom. The molecule has 25 heavy (non-hydrogen) atoms. The number of para-hydroxylation sites is 1. The highest BCUT2D eigenvalue weighted by molar-refractivity contribution is 7.92. The number of rotatable bonds is 5. The number of pyridine rings is 1. The fraction of sp³-hybridized carbons (Fsp3) is 0.421. The van der Waals surface area contributed by atoms with Crippen molar-refractivity contribution in [3.8, 4) is 0 Å². The van der Waals surface area contributed by atoms with Gasteiger partial charge in [0.25, 0.3) is 10.0 Å². The first kappa shape index (κ1) is 16.4. The summed E-state index contributed by atoms with van der Waals surface area (Å²) in [5, 5.41) is 0. The number of aromatic nitrogens is 1. The Kier molecular flexibility index (Phi) is 4.15. The van der Waals surface area contributed by atoms with Gasteiger partial charge in [-0.25, -0.2) is 13.4 Å². The summed E-state index contributed by atoms with van der Waals surface area (Å²) in [6, 6.07) is 13.3. The van der Waals surface area contributed by atoms with Crippen LogP contribution < -0.4 is 9.21 Å². The maximum Gasteiger partial charge on any atom is 0.265 e. The largest absolute Gasteiger partial charge is 0.353 e. The van der Waals surface area contributed by atoms with Crippen molar-refractivity contribution < 1.29 is 8.42 Å². The third-order valence-electron chi connectivity index (χ3n) is 5.34. The van der Waals surface area contributed by atoms with Gasteiger partial charge in [0.05, 0.1) is 5.69 Å². The fourth-order valence-electron chi connectivity index (χ4n) is 4.11. The molecule has 1 aromatic heterocycles. The molecule has 2 bridgehead atoms. The molecule has 0 spiro atoms. The second-order valence-corrected chi connectivity index (χ2v) is 8.71. The molecule has 2 aromatic rings. The topological polar surface area (TPSA) is 53.5 Å². The number of benzene rings is 1. The molecule has 0 N–H and O–H groups in total. The minimum Gasteiger partial charge on any atom is -0.353 e. The molecule has 1 aliphatic carbocycles. The van der Waals surface area contributed by atoms with Crippen LogP contribution in [0, 0.1) is 5.92 Å². The van der Waals surface area contributed by atoms with Crippen LogP contribution in [0.15, 0.2) is 53.6 Å². The quantitative estimate of drug-likeness (QED) is 0.824. The molecule has 1 saturated carbocycles. The normalized spacial score (nSPS) is 22.4. The van der Waals surface area contributed by atoms with Crippen molar-refractivity contribution in [2.75, 3.05) is 22.3 Å². The molecule has 2 aliphatic rings. The van der Waals surface area contributed by atoms with Gasteiger partial charge >= 0.3 is 0 Å². The van der Waals surface area contributed by atoms with E-state index < -0.39 is 10.0 Å². The molecule has 2 atom stereocenters. The molecule has 4 rings (SSSR count). The van der Waals surface area contributed by atoms with Crippen LogP contribution in [0.3, 0.4) is 0 Å². The van der Waals surface area contributed by atoms with Crippen molar-refractivity contribution in [1.82, 2.24) is 4.98 Å². The van der Waals surface area contributed by atoms with Crippen molar-refractivity contribution in [1.29, 1.82) is 0 Å². The molecule has 1 saturated heterocycles. The Hall–Kier alpha value is -2.08. The minimum atomic E-state index is -3.60. The molecule has 5 nitrogen and oxygen atoms in total. The zero-order valence-electron chi connectivity index (χ0n) is 14.4. The van der Waals surface area contributed by atoms with Gasteiger partial charge in [0, 0.05) is 25.3 Å². The van der Waals surface area contributed by atoms with Gasteiger partial charge in [0.15, 0.2) is 0 Å². The van der Waals surface area contributed by atoms with Crippen molar-refractivity contribution in [3.05, 3.63) is 48.7 Å². The molecule has 2 unspecified atom stereocenters. The predicted molar refractivity (Wildman–Crippen MR) is 99.4 cm³/mol. The maximum absolute atomic E-state index is 13.0. The maximum atomic E-state index is 13.0. The van der Waals surface area contributed by atoms with Crippen molar-refractivity contribution in [2.45, 2.75) is 37.1 Å². The predicted octanol–water partition coefficient (Wildman–Crippen LogP) is 3.29. The van der Waals surface area contributed by atoms with E-state index in [0.717, 1.165) is 18.3 Å². The van der Waals surface area contributed by atoms with Gasteiger partial charge in [-0.15, -0.1) is 0 Å². The van der Waals surface area contributed by atoms with E-state index in [2.05, 4.69) is 9.88 Å². The van der Waals surface area contributed by atoms with E-state index in [1.165, 1.54) is 29.8 Å². The van der Waals surface area contributed by atoms with Gasteiger partial charge in [-0.05, 0) is 56.4 Å². The first-order chi connectivity index (χ1) is 12.1. The highest BCUT2D eigenvalue weighted by atomic mass is 32.2. The van der Waals surface area contributed by atoms with E-state index in [1.807, 2.05) is 43.3 Å². The van der Waals surface area contributed by atoms with Gasteiger partial charge in [-0.3, -0.25) is 4.31 Å². The zero-order chi connectivity index (χ0) is 17.4. The van der Waals surface area contributed by atoms with Crippen molar-refractivity contribution >= 4 is 21.5 Å². The third kappa shape index (κ3) is 2.88. The van der Waals surface area contributed by atoms with E-state index in [1.54, 1.807) is 6.07 Å². The number of hydrogen-bond acceptors (Lipinski definition) is 4. The number of anilines is 2. The van der Waals surface area contributed by atoms with Crippen LogP contribution in [-0.4, -0.2) is 32.5 Å². The van der Waals surface area contributed by atoms with Crippen LogP contribution in [0.5, 0.6) is 0 Å². The summed E-state index contributed by atoms with van der Waals surface area (Å²) in [7, 11) is -3.60. The SMILES string of the molecule is CCN(c1ccccc1)S(=O)(=O)c1ccc(N2CC3CCC2C3)nc1. The lowest BCUT2D eigenvalue weighted by atomic mass is 10.1. The first-order valence-electron chi connectivity index (χ1n) is 8.90. The number of piperidine rings is 1. The van der Waals surface area contributed by atoms with Gasteiger partial charge in [0.2, 0.25) is 0 Å². The molecule has 0 amide bonds. The number of hydrogen-bond donors (Lipinski definition) is 0. The van der Waals surface area contributed by atoms with E-state index in [4.69, 9.17) is 0 Å². The standard InChI is InChI=1S/C19H23N3O2S/c1-2-22(16-6-4-3-5-7-16)25(23,24)18-10-11-19(20-13-18)21-14-15-8-9-17(21)12-15/h3-7,10-11,13,15,17H,2,8-9,12,14H2,1H3. The van der Waals surface area contributed by atoms with E-state index in [-0.39, 0.29) is 4.90 Å². The van der Waals surface area contributed by atoms with Gasteiger partial charge in [0.1, 0.15) is 10.7 Å². The van der Waals surface area contributed by atoms with E-state index in [9.17, 15) is 8.42 Å². The lowest BCUT2D eigenvalue weighted by molar-refractivity contribution is 0.550. The highest BCUT2D eigenvalue weighted by Gasteiger charge is 2.38. The Bertz CT molecular complexity index is 837. The lowest BCUT2D eigenvalue weighted by Gasteiger charge is -2.28. The molecule has 2 heterocycles. The Balaban J connectivity index is 1.60. The average Bonchev–Trinajstić information content (AvgIpc) is 3.26. The summed E-state index contributed by atoms with van der Waals surface area (Å²) in [6.45, 7) is 3.27. The molecule has 132 valence electrons. The molecule has 1 aliphatic heterocycles. The first-order valence-corrected chi connectivity index (χ1v) is 10.3. The van der Waals surface area contributed by atoms with Gasteiger partial charge in [-0.1, -0.05) is 18.2 Å². The van der Waals surface area contributed by atoms with Crippen molar-refractivity contribution in [3.63, 3.8) is 0 Å². The van der Waals surface area contributed by atoms with Gasteiger partial charge in [-0.2, -0.15) is 0 Å². The highest BCUT2D eigenvalue weighted by Crippen LogP contribution is 2.39. The smallest absolute Gasteiger partial charge is 0.265 e. The van der Waals surface area contributed by atoms with E-state index >= 15 is 0 Å². The molecule has 1 aromatic carbocycles. The Morgan fingerprint density at radius 2 is 1.96 bits per heavy atom. The zero-order valence-corrected chi connectivity index (χ0v) is 15.2. The Morgan fingerprint density at radius 3 is 2.52 bits per heavy atom. The lowest BCUT2D eigenvalue weighted by Crippen LogP contribution is -2.33.